The third-order valence-corrected chi connectivity index (χ3v) is 18.4. The molecule has 0 saturated carbocycles. The monoisotopic (exact) mass is 1520 g/mol. The van der Waals surface area contributed by atoms with Crippen molar-refractivity contribution in [1.82, 2.24) is 0 Å². The summed E-state index contributed by atoms with van der Waals surface area (Å²) in [5.74, 6) is -2.38. The largest absolute Gasteiger partial charge is 0.472 e. The number of phosphoric acid groups is 2. The molecular weight excluding hydrogens is 1380 g/mol. The van der Waals surface area contributed by atoms with E-state index < -0.39 is 97.5 Å². The zero-order valence-corrected chi connectivity index (χ0v) is 67.8. The summed E-state index contributed by atoms with van der Waals surface area (Å²) in [6.07, 6.45) is 91.1. The maximum absolute atomic E-state index is 13.1. The normalized spacial score (nSPS) is 14.7. The van der Waals surface area contributed by atoms with Crippen molar-refractivity contribution >= 4 is 39.5 Å². The Balaban J connectivity index is 5.51. The lowest BCUT2D eigenvalue weighted by atomic mass is 10.0. The molecule has 0 radical (unpaired) electrons. The molecule has 0 aromatic carbocycles. The SMILES string of the molecule is CC/C=C\C/C=C\C/C=C\C/C=C\C/C=C\C/C=C\CCC(=O)OC[C@H](COP(=O)(O)OC[C@@H](O)COP(=O)(O)OC[C@@H](COC(=O)CCCCCCC/C=C\CCCCCCCC)OC(=O)CCCCCCCCCCCCCCC)OC(=O)CC/C=C\C/C=C\C/C=C\C/C=C\C/C=C\C/C=C\CC. The molecule has 0 amide bonds. The maximum atomic E-state index is 13.1. The van der Waals surface area contributed by atoms with Crippen LogP contribution in [-0.4, -0.2) is 96.7 Å². The average Bonchev–Trinajstić information content (AvgIpc) is 0.903. The minimum Gasteiger partial charge on any atom is -0.462 e. The fraction of sp³-hybridized carbons (Fsp3) is 0.655. The van der Waals surface area contributed by atoms with E-state index in [2.05, 4.69) is 149 Å². The summed E-state index contributed by atoms with van der Waals surface area (Å²) in [5.41, 5.74) is 0. The van der Waals surface area contributed by atoms with Crippen LogP contribution in [0.15, 0.2) is 158 Å². The number of unbranched alkanes of at least 4 members (excludes halogenated alkanes) is 23. The Morgan fingerprint density at radius 1 is 0.274 bits per heavy atom. The highest BCUT2D eigenvalue weighted by molar-refractivity contribution is 7.47. The van der Waals surface area contributed by atoms with Gasteiger partial charge < -0.3 is 33.8 Å². The van der Waals surface area contributed by atoms with Gasteiger partial charge in [-0.05, 0) is 128 Å². The molecule has 0 heterocycles. The van der Waals surface area contributed by atoms with Gasteiger partial charge in [0, 0.05) is 25.7 Å². The van der Waals surface area contributed by atoms with Crippen LogP contribution in [0.2, 0.25) is 0 Å². The number of aliphatic hydroxyl groups excluding tert-OH is 1. The van der Waals surface area contributed by atoms with Gasteiger partial charge >= 0.3 is 39.5 Å². The summed E-state index contributed by atoms with van der Waals surface area (Å²) in [4.78, 5) is 73.0. The van der Waals surface area contributed by atoms with Crippen molar-refractivity contribution in [2.75, 3.05) is 39.6 Å². The van der Waals surface area contributed by atoms with Crippen molar-refractivity contribution in [1.29, 1.82) is 0 Å². The molecule has 0 saturated heterocycles. The topological polar surface area (TPSA) is 237 Å². The zero-order valence-electron chi connectivity index (χ0n) is 66.1. The Kier molecular flexibility index (Phi) is 73.9. The molecule has 5 atom stereocenters. The summed E-state index contributed by atoms with van der Waals surface area (Å²) in [5, 5.41) is 10.6. The summed E-state index contributed by atoms with van der Waals surface area (Å²) in [6, 6.07) is 0. The summed E-state index contributed by atoms with van der Waals surface area (Å²) in [6.45, 7) is 4.47. The van der Waals surface area contributed by atoms with Gasteiger partial charge in [0.2, 0.25) is 0 Å². The first kappa shape index (κ1) is 101. The second kappa shape index (κ2) is 77.8. The van der Waals surface area contributed by atoms with Gasteiger partial charge in [-0.25, -0.2) is 9.13 Å². The van der Waals surface area contributed by atoms with Crippen molar-refractivity contribution in [2.45, 2.75) is 329 Å². The lowest BCUT2D eigenvalue weighted by Gasteiger charge is -2.21. The van der Waals surface area contributed by atoms with E-state index in [0.29, 0.717) is 38.5 Å². The molecule has 19 heteroatoms. The first-order chi connectivity index (χ1) is 51.7. The van der Waals surface area contributed by atoms with Gasteiger partial charge in [0.25, 0.3) is 0 Å². The van der Waals surface area contributed by atoms with Crippen LogP contribution in [0.1, 0.15) is 310 Å². The van der Waals surface area contributed by atoms with E-state index in [9.17, 15) is 43.2 Å². The molecule has 0 rings (SSSR count). The first-order valence-corrected chi connectivity index (χ1v) is 43.7. The van der Waals surface area contributed by atoms with E-state index in [4.69, 9.17) is 37.0 Å². The molecule has 2 unspecified atom stereocenters. The van der Waals surface area contributed by atoms with E-state index in [1.165, 1.54) is 89.9 Å². The van der Waals surface area contributed by atoms with E-state index in [-0.39, 0.29) is 25.7 Å². The predicted molar refractivity (Wildman–Crippen MR) is 436 cm³/mol. The Bertz CT molecular complexity index is 2630. The molecule has 17 nitrogen and oxygen atoms in total. The average molecular weight is 1520 g/mol. The Labute approximate surface area is 642 Å². The lowest BCUT2D eigenvalue weighted by Crippen LogP contribution is -2.30. The van der Waals surface area contributed by atoms with Gasteiger partial charge in [-0.2, -0.15) is 0 Å². The van der Waals surface area contributed by atoms with Crippen LogP contribution in [-0.2, 0) is 65.4 Å². The maximum Gasteiger partial charge on any atom is 0.472 e. The predicted octanol–water partition coefficient (Wildman–Crippen LogP) is 24.0. The molecule has 604 valence electrons. The number of carbonyl (C=O) groups excluding carboxylic acids is 4. The van der Waals surface area contributed by atoms with E-state index in [1.807, 2.05) is 36.5 Å². The number of phosphoric ester groups is 2. The molecule has 0 aliphatic rings. The Morgan fingerprint density at radius 2 is 0.509 bits per heavy atom. The van der Waals surface area contributed by atoms with Crippen molar-refractivity contribution < 1.29 is 80.2 Å². The van der Waals surface area contributed by atoms with Gasteiger partial charge in [-0.1, -0.05) is 314 Å². The fourth-order valence-corrected chi connectivity index (χ4v) is 12.0. The number of carbonyl (C=O) groups is 4. The smallest absolute Gasteiger partial charge is 0.462 e. The van der Waals surface area contributed by atoms with Gasteiger partial charge in [0.15, 0.2) is 12.2 Å². The van der Waals surface area contributed by atoms with Crippen LogP contribution in [0, 0.1) is 0 Å². The van der Waals surface area contributed by atoms with Crippen molar-refractivity contribution in [3.05, 3.63) is 158 Å². The van der Waals surface area contributed by atoms with E-state index in [1.54, 1.807) is 0 Å². The van der Waals surface area contributed by atoms with Gasteiger partial charge in [0.05, 0.1) is 26.4 Å². The third kappa shape index (κ3) is 76.9. The quantitative estimate of drug-likeness (QED) is 0.0169. The van der Waals surface area contributed by atoms with Gasteiger partial charge in [-0.3, -0.25) is 37.3 Å². The number of aliphatic hydroxyl groups is 1. The van der Waals surface area contributed by atoms with Crippen LogP contribution in [0.25, 0.3) is 0 Å². The number of hydrogen-bond acceptors (Lipinski definition) is 15. The van der Waals surface area contributed by atoms with Crippen molar-refractivity contribution in [3.8, 4) is 0 Å². The minimum absolute atomic E-state index is 0.0150. The van der Waals surface area contributed by atoms with E-state index in [0.717, 1.165) is 128 Å². The Hall–Kier alpha value is -5.32. The summed E-state index contributed by atoms with van der Waals surface area (Å²) < 4.78 is 68.5. The minimum atomic E-state index is -5.02. The molecule has 0 aromatic heterocycles. The number of hydrogen-bond donors (Lipinski definition) is 3. The molecule has 3 N–H and O–H groups in total. The molecule has 0 bridgehead atoms. The number of rotatable bonds is 75. The van der Waals surface area contributed by atoms with Crippen LogP contribution in [0.4, 0.5) is 0 Å². The molecule has 0 spiro atoms. The molecule has 106 heavy (non-hydrogen) atoms. The zero-order chi connectivity index (χ0) is 77.4. The van der Waals surface area contributed by atoms with Crippen LogP contribution < -0.4 is 0 Å². The summed E-state index contributed by atoms with van der Waals surface area (Å²) in [7, 11) is -10.0. The molecule has 0 aromatic rings. The second-order valence-corrected chi connectivity index (χ2v) is 29.5. The molecule has 0 fully saturated rings. The highest BCUT2D eigenvalue weighted by Crippen LogP contribution is 2.45. The van der Waals surface area contributed by atoms with Crippen molar-refractivity contribution in [3.63, 3.8) is 0 Å². The fourth-order valence-electron chi connectivity index (χ4n) is 10.4. The lowest BCUT2D eigenvalue weighted by molar-refractivity contribution is -0.161. The standard InChI is InChI=1S/C87H144O17P2/c1-5-9-13-17-21-25-29-33-36-38-40-42-45-49-52-56-60-64-68-72-85(90)98-78-83(104-87(92)74-70-66-62-58-54-50-46-43-41-39-37-34-30-26-22-18-14-10-6-2)80-102-106(95,96)100-76-81(88)75-99-105(93,94)101-79-82(103-86(91)73-69-65-61-57-53-47-32-28-24-20-16-12-8-4)77-97-84(89)71-67-63-59-55-51-48-44-35-31-27-23-19-15-11-7-3/h9-10,13-14,21-22,25-26,33-37,40-44,49-50,52,54,60,62,64,66,81-83,88H,5-8,11-12,15-20,23-24,27-32,38-39,45-48,51,53,55-59,61,63,65,67-80H2,1-4H3,(H,93,94)(H,95,96)/b13-9-,14-10-,25-21-,26-22-,36-33-,37-34-,42-40-,43-41-,44-35-,52-49-,54-50-,64-60-,66-62-/t81-,82+,83+/m0/s1. The number of allylic oxidation sites excluding steroid dienone is 26. The highest BCUT2D eigenvalue weighted by Gasteiger charge is 2.30. The molecular formula is C87H144O17P2. The van der Waals surface area contributed by atoms with Crippen molar-refractivity contribution in [2.24, 2.45) is 0 Å². The molecule has 0 aliphatic heterocycles. The third-order valence-electron chi connectivity index (χ3n) is 16.5. The van der Waals surface area contributed by atoms with Crippen LogP contribution >= 0.6 is 15.6 Å². The highest BCUT2D eigenvalue weighted by atomic mass is 31.2. The van der Waals surface area contributed by atoms with Crippen LogP contribution in [0.5, 0.6) is 0 Å². The van der Waals surface area contributed by atoms with E-state index >= 15 is 0 Å². The summed E-state index contributed by atoms with van der Waals surface area (Å²) >= 11 is 0. The number of esters is 4. The van der Waals surface area contributed by atoms with Crippen LogP contribution in [0.3, 0.4) is 0 Å². The van der Waals surface area contributed by atoms with Gasteiger partial charge in [-0.15, -0.1) is 0 Å². The number of ether oxygens (including phenoxy) is 4. The van der Waals surface area contributed by atoms with Gasteiger partial charge in [0.1, 0.15) is 19.3 Å². The second-order valence-electron chi connectivity index (χ2n) is 26.6. The first-order valence-electron chi connectivity index (χ1n) is 40.7. The Morgan fingerprint density at radius 3 is 0.830 bits per heavy atom. The molecule has 0 aliphatic carbocycles.